The Kier molecular flexibility index (Phi) is 5.48. The van der Waals surface area contributed by atoms with Crippen LogP contribution in [0.2, 0.25) is 10.0 Å². The fraction of sp³-hybridized carbons (Fsp3) is 0.0556. The lowest BCUT2D eigenvalue weighted by molar-refractivity contribution is 0.102. The van der Waals surface area contributed by atoms with E-state index in [1.54, 1.807) is 30.3 Å². The third-order valence-corrected chi connectivity index (χ3v) is 3.95. The number of benzene rings is 2. The van der Waals surface area contributed by atoms with E-state index < -0.39 is 5.91 Å². The van der Waals surface area contributed by atoms with Gasteiger partial charge in [-0.25, -0.2) is 0 Å². The van der Waals surface area contributed by atoms with E-state index in [0.29, 0.717) is 28.1 Å². The van der Waals surface area contributed by atoms with Crippen molar-refractivity contribution < 1.29 is 4.79 Å². The number of nitrogens with one attached hydrogen (secondary N) is 2. The summed E-state index contributed by atoms with van der Waals surface area (Å²) in [6.07, 6.45) is 0. The van der Waals surface area contributed by atoms with E-state index in [2.05, 4.69) is 20.8 Å². The lowest BCUT2D eigenvalue weighted by Gasteiger charge is -2.08. The van der Waals surface area contributed by atoms with Gasteiger partial charge in [-0.05, 0) is 35.9 Å². The van der Waals surface area contributed by atoms with Gasteiger partial charge in [0.15, 0.2) is 5.69 Å². The molecule has 0 aliphatic heterocycles. The highest BCUT2D eigenvalue weighted by molar-refractivity contribution is 6.35. The summed E-state index contributed by atoms with van der Waals surface area (Å²) in [5.74, 6) is 0.174. The van der Waals surface area contributed by atoms with Crippen LogP contribution in [0.4, 0.5) is 11.5 Å². The van der Waals surface area contributed by atoms with Gasteiger partial charge in [-0.15, -0.1) is 10.2 Å². The number of anilines is 2. The molecule has 1 amide bonds. The van der Waals surface area contributed by atoms with E-state index in [9.17, 15) is 4.79 Å². The average Bonchev–Trinajstić information content (AvgIpc) is 2.64. The van der Waals surface area contributed by atoms with Crippen LogP contribution in [0.25, 0.3) is 0 Å². The molecule has 1 heterocycles. The zero-order valence-corrected chi connectivity index (χ0v) is 14.6. The lowest BCUT2D eigenvalue weighted by atomic mass is 10.2. The van der Waals surface area contributed by atoms with Crippen molar-refractivity contribution in [2.75, 3.05) is 10.6 Å². The lowest BCUT2D eigenvalue weighted by Crippen LogP contribution is -2.15. The van der Waals surface area contributed by atoms with E-state index in [-0.39, 0.29) is 5.69 Å². The molecular formula is C18H14Cl2N4O. The van der Waals surface area contributed by atoms with Crippen molar-refractivity contribution in [3.8, 4) is 0 Å². The topological polar surface area (TPSA) is 66.9 Å². The van der Waals surface area contributed by atoms with Crippen molar-refractivity contribution in [1.29, 1.82) is 0 Å². The van der Waals surface area contributed by atoms with Crippen LogP contribution in [-0.2, 0) is 6.54 Å². The fourth-order valence-corrected chi connectivity index (χ4v) is 2.45. The fourth-order valence-electron chi connectivity index (χ4n) is 2.12. The van der Waals surface area contributed by atoms with Crippen LogP contribution >= 0.6 is 23.2 Å². The van der Waals surface area contributed by atoms with E-state index >= 15 is 0 Å². The Hall–Kier alpha value is -2.63. The van der Waals surface area contributed by atoms with E-state index in [0.717, 1.165) is 5.56 Å². The molecule has 0 unspecified atom stereocenters. The Morgan fingerprint density at radius 3 is 2.48 bits per heavy atom. The molecule has 3 aromatic rings. The second-order valence-corrected chi connectivity index (χ2v) is 6.06. The highest BCUT2D eigenvalue weighted by atomic mass is 35.5. The van der Waals surface area contributed by atoms with Gasteiger partial charge in [-0.3, -0.25) is 4.79 Å². The molecule has 25 heavy (non-hydrogen) atoms. The average molecular weight is 373 g/mol. The van der Waals surface area contributed by atoms with Crippen LogP contribution in [0.15, 0.2) is 60.7 Å². The summed E-state index contributed by atoms with van der Waals surface area (Å²) in [6.45, 7) is 0.624. The largest absolute Gasteiger partial charge is 0.365 e. The summed E-state index contributed by atoms with van der Waals surface area (Å²) in [5.41, 5.74) is 1.73. The zero-order valence-electron chi connectivity index (χ0n) is 13.0. The smallest absolute Gasteiger partial charge is 0.276 e. The highest BCUT2D eigenvalue weighted by Crippen LogP contribution is 2.25. The standard InChI is InChI=1S/C18H14Cl2N4O/c19-13-6-7-14(20)16(10-13)22-18(25)15-8-9-17(24-23-15)21-11-12-4-2-1-3-5-12/h1-10H,11H2,(H,21,24)(H,22,25). The van der Waals surface area contributed by atoms with Crippen LogP contribution in [0.3, 0.4) is 0 Å². The molecule has 0 bridgehead atoms. The molecule has 5 nitrogen and oxygen atoms in total. The number of carbonyl (C=O) groups is 1. The Labute approximate surface area is 155 Å². The number of carbonyl (C=O) groups excluding carboxylic acids is 1. The zero-order chi connectivity index (χ0) is 17.6. The maximum absolute atomic E-state index is 12.2. The maximum atomic E-state index is 12.2. The van der Waals surface area contributed by atoms with Gasteiger partial charge in [-0.2, -0.15) is 0 Å². The first kappa shape index (κ1) is 17.2. The number of halogens is 2. The molecule has 3 rings (SSSR count). The summed E-state index contributed by atoms with van der Waals surface area (Å²) < 4.78 is 0. The molecule has 0 radical (unpaired) electrons. The SMILES string of the molecule is O=C(Nc1cc(Cl)ccc1Cl)c1ccc(NCc2ccccc2)nn1. The van der Waals surface area contributed by atoms with E-state index in [4.69, 9.17) is 23.2 Å². The van der Waals surface area contributed by atoms with Gasteiger partial charge in [0, 0.05) is 11.6 Å². The van der Waals surface area contributed by atoms with Crippen molar-refractivity contribution >= 4 is 40.6 Å². The minimum absolute atomic E-state index is 0.182. The second-order valence-electron chi connectivity index (χ2n) is 5.22. The van der Waals surface area contributed by atoms with E-state index in [1.807, 2.05) is 30.3 Å². The van der Waals surface area contributed by atoms with Gasteiger partial charge in [-0.1, -0.05) is 53.5 Å². The monoisotopic (exact) mass is 372 g/mol. The second kappa shape index (κ2) is 7.96. The molecule has 7 heteroatoms. The number of amides is 1. The Bertz CT molecular complexity index is 870. The Morgan fingerprint density at radius 2 is 1.76 bits per heavy atom. The summed E-state index contributed by atoms with van der Waals surface area (Å²) in [6, 6.07) is 18.0. The van der Waals surface area contributed by atoms with Crippen LogP contribution in [0.5, 0.6) is 0 Å². The van der Waals surface area contributed by atoms with Gasteiger partial charge in [0.1, 0.15) is 5.82 Å². The van der Waals surface area contributed by atoms with Crippen molar-refractivity contribution in [2.24, 2.45) is 0 Å². The highest BCUT2D eigenvalue weighted by Gasteiger charge is 2.11. The minimum atomic E-state index is -0.411. The maximum Gasteiger partial charge on any atom is 0.276 e. The van der Waals surface area contributed by atoms with E-state index in [1.165, 1.54) is 0 Å². The van der Waals surface area contributed by atoms with Crippen molar-refractivity contribution in [1.82, 2.24) is 10.2 Å². The number of hydrogen-bond donors (Lipinski definition) is 2. The Balaban J connectivity index is 1.63. The number of rotatable bonds is 5. The van der Waals surface area contributed by atoms with Gasteiger partial charge >= 0.3 is 0 Å². The van der Waals surface area contributed by atoms with Crippen LogP contribution < -0.4 is 10.6 Å². The molecule has 0 saturated heterocycles. The first-order valence-corrected chi connectivity index (χ1v) is 8.25. The molecular weight excluding hydrogens is 359 g/mol. The molecule has 0 fully saturated rings. The molecule has 0 spiro atoms. The molecule has 0 aliphatic rings. The van der Waals surface area contributed by atoms with Gasteiger partial charge in [0.05, 0.1) is 10.7 Å². The van der Waals surface area contributed by atoms with Crippen molar-refractivity contribution in [3.05, 3.63) is 82.0 Å². The molecule has 1 aromatic heterocycles. The van der Waals surface area contributed by atoms with Gasteiger partial charge in [0.2, 0.25) is 0 Å². The predicted molar refractivity (Wildman–Crippen MR) is 100 cm³/mol. The number of aromatic nitrogens is 2. The quantitative estimate of drug-likeness (QED) is 0.683. The summed E-state index contributed by atoms with van der Waals surface area (Å²) in [7, 11) is 0. The third-order valence-electron chi connectivity index (χ3n) is 3.39. The van der Waals surface area contributed by atoms with Crippen molar-refractivity contribution in [3.63, 3.8) is 0 Å². The molecule has 2 N–H and O–H groups in total. The third kappa shape index (κ3) is 4.68. The first-order chi connectivity index (χ1) is 12.1. The minimum Gasteiger partial charge on any atom is -0.365 e. The van der Waals surface area contributed by atoms with Gasteiger partial charge in [0.25, 0.3) is 5.91 Å². The Morgan fingerprint density at radius 1 is 0.960 bits per heavy atom. The number of hydrogen-bond acceptors (Lipinski definition) is 4. The summed E-state index contributed by atoms with van der Waals surface area (Å²) >= 11 is 11.9. The van der Waals surface area contributed by atoms with Crippen LogP contribution in [0, 0.1) is 0 Å². The molecule has 0 aliphatic carbocycles. The summed E-state index contributed by atoms with van der Waals surface area (Å²) in [5, 5.41) is 14.6. The normalized spacial score (nSPS) is 10.3. The molecule has 126 valence electrons. The van der Waals surface area contributed by atoms with Crippen LogP contribution in [-0.4, -0.2) is 16.1 Å². The van der Waals surface area contributed by atoms with Crippen LogP contribution in [0.1, 0.15) is 16.1 Å². The summed E-state index contributed by atoms with van der Waals surface area (Å²) in [4.78, 5) is 12.2. The molecule has 0 atom stereocenters. The molecule has 2 aromatic carbocycles. The van der Waals surface area contributed by atoms with Gasteiger partial charge < -0.3 is 10.6 Å². The molecule has 0 saturated carbocycles. The number of nitrogens with zero attached hydrogens (tertiary/aromatic N) is 2. The van der Waals surface area contributed by atoms with Crippen molar-refractivity contribution in [2.45, 2.75) is 6.54 Å². The first-order valence-electron chi connectivity index (χ1n) is 7.50. The predicted octanol–water partition coefficient (Wildman–Crippen LogP) is 4.65.